The van der Waals surface area contributed by atoms with Gasteiger partial charge in [0.25, 0.3) is 0 Å². The first-order valence-electron chi connectivity index (χ1n) is 8.67. The SMILES string of the molecule is CCNC(=NCC(O)c1ccc(Cl)s1)NCC1CC1c1ccccc1.I. The van der Waals surface area contributed by atoms with Gasteiger partial charge in [0.1, 0.15) is 6.10 Å². The van der Waals surface area contributed by atoms with E-state index in [2.05, 4.69) is 46.0 Å². The van der Waals surface area contributed by atoms with Crippen molar-refractivity contribution in [3.8, 4) is 0 Å². The molecule has 0 spiro atoms. The van der Waals surface area contributed by atoms with Crippen LogP contribution in [0.3, 0.4) is 0 Å². The van der Waals surface area contributed by atoms with Crippen molar-refractivity contribution >= 4 is 52.9 Å². The van der Waals surface area contributed by atoms with Gasteiger partial charge in [0.15, 0.2) is 5.96 Å². The molecular weight excluding hydrogens is 481 g/mol. The van der Waals surface area contributed by atoms with Gasteiger partial charge >= 0.3 is 0 Å². The number of nitrogens with one attached hydrogen (secondary N) is 2. The van der Waals surface area contributed by atoms with E-state index < -0.39 is 6.10 Å². The summed E-state index contributed by atoms with van der Waals surface area (Å²) in [6, 6.07) is 14.3. The number of hydrogen-bond donors (Lipinski definition) is 3. The van der Waals surface area contributed by atoms with Gasteiger partial charge in [-0.1, -0.05) is 41.9 Å². The quantitative estimate of drug-likeness (QED) is 0.297. The number of rotatable bonds is 7. The molecule has 0 radical (unpaired) electrons. The standard InChI is InChI=1S/C19H24ClN3OS.HI/c1-2-21-19(23-12-16(24)17-8-9-18(20)25-17)22-11-14-10-15(14)13-6-4-3-5-7-13;/h3-9,14-16,24H,2,10-12H2,1H3,(H2,21,22,23);1H. The van der Waals surface area contributed by atoms with E-state index in [4.69, 9.17) is 11.6 Å². The molecule has 3 rings (SSSR count). The predicted molar refractivity (Wildman–Crippen MR) is 121 cm³/mol. The highest BCUT2D eigenvalue weighted by Crippen LogP contribution is 2.46. The van der Waals surface area contributed by atoms with Crippen LogP contribution in [0.25, 0.3) is 0 Å². The monoisotopic (exact) mass is 505 g/mol. The van der Waals surface area contributed by atoms with Crippen LogP contribution in [-0.2, 0) is 0 Å². The minimum absolute atomic E-state index is 0. The van der Waals surface area contributed by atoms with Gasteiger partial charge in [-0.2, -0.15) is 0 Å². The molecule has 3 unspecified atom stereocenters. The molecule has 3 N–H and O–H groups in total. The third-order valence-corrected chi connectivity index (χ3v) is 5.70. The maximum absolute atomic E-state index is 10.2. The van der Waals surface area contributed by atoms with Crippen molar-refractivity contribution in [3.63, 3.8) is 0 Å². The maximum atomic E-state index is 10.2. The second-order valence-electron chi connectivity index (χ2n) is 6.27. The van der Waals surface area contributed by atoms with Crippen LogP contribution in [0, 0.1) is 5.92 Å². The Morgan fingerprint density at radius 2 is 2.04 bits per heavy atom. The Labute approximate surface area is 181 Å². The summed E-state index contributed by atoms with van der Waals surface area (Å²) < 4.78 is 0.684. The number of halogens is 2. The Kier molecular flexibility index (Phi) is 8.66. The molecule has 0 bridgehead atoms. The fourth-order valence-electron chi connectivity index (χ4n) is 2.93. The molecule has 1 aliphatic carbocycles. The Balaban J connectivity index is 0.00000243. The van der Waals surface area contributed by atoms with Gasteiger partial charge in [-0.3, -0.25) is 4.99 Å². The largest absolute Gasteiger partial charge is 0.386 e. The number of aliphatic hydroxyl groups is 1. The summed E-state index contributed by atoms with van der Waals surface area (Å²) in [6.07, 6.45) is 0.596. The van der Waals surface area contributed by atoms with E-state index in [-0.39, 0.29) is 24.0 Å². The summed E-state index contributed by atoms with van der Waals surface area (Å²) in [6.45, 7) is 4.04. The van der Waals surface area contributed by atoms with Crippen LogP contribution in [0.1, 0.15) is 35.8 Å². The summed E-state index contributed by atoms with van der Waals surface area (Å²) in [4.78, 5) is 5.35. The molecule has 0 aliphatic heterocycles. The van der Waals surface area contributed by atoms with Crippen molar-refractivity contribution in [2.45, 2.75) is 25.4 Å². The fraction of sp³-hybridized carbons (Fsp3) is 0.421. The van der Waals surface area contributed by atoms with Gasteiger partial charge in [0.05, 0.1) is 10.9 Å². The lowest BCUT2D eigenvalue weighted by molar-refractivity contribution is 0.191. The van der Waals surface area contributed by atoms with Crippen molar-refractivity contribution in [1.29, 1.82) is 0 Å². The van der Waals surface area contributed by atoms with Crippen LogP contribution < -0.4 is 10.6 Å². The topological polar surface area (TPSA) is 56.7 Å². The molecule has 1 aliphatic rings. The van der Waals surface area contributed by atoms with Crippen LogP contribution in [0.5, 0.6) is 0 Å². The van der Waals surface area contributed by atoms with Crippen LogP contribution in [0.2, 0.25) is 4.34 Å². The predicted octanol–water partition coefficient (Wildman–Crippen LogP) is 4.41. The summed E-state index contributed by atoms with van der Waals surface area (Å²) in [7, 11) is 0. The first-order valence-corrected chi connectivity index (χ1v) is 9.87. The fourth-order valence-corrected chi connectivity index (χ4v) is 3.96. The summed E-state index contributed by atoms with van der Waals surface area (Å²) in [5.41, 5.74) is 1.42. The molecule has 4 nitrogen and oxygen atoms in total. The Morgan fingerprint density at radius 3 is 2.69 bits per heavy atom. The highest BCUT2D eigenvalue weighted by Gasteiger charge is 2.37. The summed E-state index contributed by atoms with van der Waals surface area (Å²) >= 11 is 7.31. The lowest BCUT2D eigenvalue weighted by atomic mass is 10.1. The van der Waals surface area contributed by atoms with Crippen LogP contribution in [0.4, 0.5) is 0 Å². The lowest BCUT2D eigenvalue weighted by Crippen LogP contribution is -2.38. The number of hydrogen-bond acceptors (Lipinski definition) is 3. The molecular formula is C19H25ClIN3OS. The van der Waals surface area contributed by atoms with Crippen molar-refractivity contribution < 1.29 is 5.11 Å². The Bertz CT molecular complexity index is 710. The molecule has 1 aromatic carbocycles. The smallest absolute Gasteiger partial charge is 0.191 e. The highest BCUT2D eigenvalue weighted by atomic mass is 127. The minimum atomic E-state index is -0.619. The zero-order valence-corrected chi connectivity index (χ0v) is 18.6. The van der Waals surface area contributed by atoms with E-state index in [9.17, 15) is 5.11 Å². The van der Waals surface area contributed by atoms with Gasteiger partial charge in [-0.15, -0.1) is 35.3 Å². The Morgan fingerprint density at radius 1 is 1.27 bits per heavy atom. The molecule has 1 aromatic heterocycles. The summed E-state index contributed by atoms with van der Waals surface area (Å²) in [5.74, 6) is 2.05. The normalized spacial score (nSPS) is 20.2. The number of thiophene rings is 1. The summed E-state index contributed by atoms with van der Waals surface area (Å²) in [5, 5.41) is 16.9. The first-order chi connectivity index (χ1) is 12.2. The van der Waals surface area contributed by atoms with Crippen molar-refractivity contribution in [3.05, 3.63) is 57.2 Å². The van der Waals surface area contributed by atoms with Crippen molar-refractivity contribution in [1.82, 2.24) is 10.6 Å². The van der Waals surface area contributed by atoms with E-state index in [1.54, 1.807) is 6.07 Å². The highest BCUT2D eigenvalue weighted by molar-refractivity contribution is 14.0. The molecule has 3 atom stereocenters. The molecule has 0 saturated heterocycles. The van der Waals surface area contributed by atoms with Crippen molar-refractivity contribution in [2.24, 2.45) is 10.9 Å². The lowest BCUT2D eigenvalue weighted by Gasteiger charge is -2.12. The van der Waals surface area contributed by atoms with E-state index in [1.165, 1.54) is 23.3 Å². The van der Waals surface area contributed by atoms with Crippen LogP contribution >= 0.6 is 46.9 Å². The van der Waals surface area contributed by atoms with Gasteiger partial charge in [0, 0.05) is 18.0 Å². The maximum Gasteiger partial charge on any atom is 0.191 e. The van der Waals surface area contributed by atoms with Gasteiger partial charge in [-0.25, -0.2) is 0 Å². The third-order valence-electron chi connectivity index (χ3n) is 4.37. The third kappa shape index (κ3) is 6.11. The van der Waals surface area contributed by atoms with E-state index in [1.807, 2.05) is 13.0 Å². The van der Waals surface area contributed by atoms with Gasteiger partial charge < -0.3 is 15.7 Å². The van der Waals surface area contributed by atoms with E-state index >= 15 is 0 Å². The molecule has 26 heavy (non-hydrogen) atoms. The van der Waals surface area contributed by atoms with E-state index in [0.717, 1.165) is 23.9 Å². The molecule has 142 valence electrons. The van der Waals surface area contributed by atoms with Crippen LogP contribution in [0.15, 0.2) is 47.5 Å². The number of aliphatic hydroxyl groups excluding tert-OH is 1. The number of guanidine groups is 1. The van der Waals surface area contributed by atoms with Crippen molar-refractivity contribution in [2.75, 3.05) is 19.6 Å². The molecule has 1 heterocycles. The minimum Gasteiger partial charge on any atom is -0.386 e. The number of nitrogens with zero attached hydrogens (tertiary/aromatic N) is 1. The van der Waals surface area contributed by atoms with Gasteiger partial charge in [-0.05, 0) is 42.9 Å². The van der Waals surface area contributed by atoms with Gasteiger partial charge in [0.2, 0.25) is 0 Å². The van der Waals surface area contributed by atoms with Crippen LogP contribution in [-0.4, -0.2) is 30.7 Å². The molecule has 1 fully saturated rings. The average molecular weight is 506 g/mol. The number of aliphatic imine (C=N–C) groups is 1. The second-order valence-corrected chi connectivity index (χ2v) is 8.02. The average Bonchev–Trinajstić information content (AvgIpc) is 3.29. The molecule has 0 amide bonds. The number of benzene rings is 1. The molecule has 7 heteroatoms. The molecule has 2 aromatic rings. The zero-order valence-electron chi connectivity index (χ0n) is 14.7. The second kappa shape index (κ2) is 10.5. The van der Waals surface area contributed by atoms with E-state index in [0.29, 0.717) is 22.7 Å². The Hall–Kier alpha value is -0.830. The first kappa shape index (κ1) is 21.5. The zero-order chi connectivity index (χ0) is 17.6. The molecule has 1 saturated carbocycles.